The fourth-order valence-electron chi connectivity index (χ4n) is 3.73. The van der Waals surface area contributed by atoms with Crippen molar-refractivity contribution in [1.82, 2.24) is 35.1 Å². The summed E-state index contributed by atoms with van der Waals surface area (Å²) in [7, 11) is 0. The van der Waals surface area contributed by atoms with Crippen LogP contribution in [0.3, 0.4) is 0 Å². The summed E-state index contributed by atoms with van der Waals surface area (Å²) in [5.41, 5.74) is 4.91. The van der Waals surface area contributed by atoms with E-state index in [4.69, 9.17) is 10.5 Å². The number of ether oxygens (including phenoxy) is 1. The number of urea groups is 1. The average molecular weight is 575 g/mol. The van der Waals surface area contributed by atoms with Gasteiger partial charge in [-0.3, -0.25) is 4.79 Å². The number of aromatic nitrogens is 5. The Morgan fingerprint density at radius 3 is 2.65 bits per heavy atom. The lowest BCUT2D eigenvalue weighted by Crippen LogP contribution is -2.56. The molecule has 2 fully saturated rings. The van der Waals surface area contributed by atoms with Crippen LogP contribution in [0.15, 0.2) is 23.1 Å². The highest BCUT2D eigenvalue weighted by molar-refractivity contribution is 5.91. The van der Waals surface area contributed by atoms with Gasteiger partial charge < -0.3 is 20.7 Å². The molecule has 1 aliphatic heterocycles. The highest BCUT2D eigenvalue weighted by Crippen LogP contribution is 2.40. The Balaban J connectivity index is 0.000000278. The van der Waals surface area contributed by atoms with Crippen LogP contribution in [0.25, 0.3) is 5.65 Å². The normalized spacial score (nSPS) is 17.4. The lowest BCUT2D eigenvalue weighted by Gasteiger charge is -2.32. The van der Waals surface area contributed by atoms with Gasteiger partial charge in [0.2, 0.25) is 0 Å². The fraction of sp³-hybridized carbons (Fsp3) is 0.565. The number of amides is 3. The molecular weight excluding hydrogens is 547 g/mol. The zero-order valence-corrected chi connectivity index (χ0v) is 21.5. The molecule has 3 amide bonds. The maximum absolute atomic E-state index is 13.5. The molecule has 1 aliphatic carbocycles. The molecule has 40 heavy (non-hydrogen) atoms. The number of fused-ring (bicyclic) bond motifs is 1. The molecule has 0 spiro atoms. The third-order valence-corrected chi connectivity index (χ3v) is 6.22. The van der Waals surface area contributed by atoms with E-state index in [0.29, 0.717) is 28.5 Å². The van der Waals surface area contributed by atoms with Crippen LogP contribution in [-0.4, -0.2) is 79.1 Å². The number of carbonyl (C=O) groups is 2. The van der Waals surface area contributed by atoms with Gasteiger partial charge in [-0.1, -0.05) is 5.16 Å². The molecule has 5 rings (SSSR count). The Hall–Kier alpha value is -3.89. The Kier molecular flexibility index (Phi) is 7.96. The first-order chi connectivity index (χ1) is 18.6. The van der Waals surface area contributed by atoms with Crippen LogP contribution in [0.4, 0.5) is 26.7 Å². The van der Waals surface area contributed by atoms with Gasteiger partial charge in [-0.15, -0.1) is 0 Å². The SMILES string of the molecule is CC(C)(OCCc1cn2ncc(CN3CC(F)(F)CNC3=O)cc2n1)C(F)(F)F.NC(=O)c1nonc1C1CC1. The highest BCUT2D eigenvalue weighted by atomic mass is 19.4. The maximum Gasteiger partial charge on any atom is 0.416 e. The first-order valence-electron chi connectivity index (χ1n) is 12.2. The van der Waals surface area contributed by atoms with E-state index >= 15 is 0 Å². The second-order valence-electron chi connectivity index (χ2n) is 10.0. The van der Waals surface area contributed by atoms with Gasteiger partial charge in [0.25, 0.3) is 11.8 Å². The standard InChI is InChI=1S/C17H20F5N5O2.C6H7N3O2/c1-15(2,17(20,21)22)29-4-3-12-8-27-13(25-12)5-11(6-24-27)7-26-10-16(18,19)9-23-14(26)28;7-6(10)5-4(3-1-2-3)8-11-9-5/h5-6,8H,3-4,7,9-10H2,1-2H3,(H,23,28);3H,1-2H2,(H2,7,10). The summed E-state index contributed by atoms with van der Waals surface area (Å²) in [5, 5.41) is 13.3. The number of hydrogen-bond donors (Lipinski definition) is 2. The van der Waals surface area contributed by atoms with Crippen molar-refractivity contribution < 1.29 is 40.9 Å². The van der Waals surface area contributed by atoms with E-state index in [-0.39, 0.29) is 25.3 Å². The zero-order chi connectivity index (χ0) is 29.3. The van der Waals surface area contributed by atoms with Crippen molar-refractivity contribution in [3.63, 3.8) is 0 Å². The van der Waals surface area contributed by atoms with Crippen LogP contribution in [0.2, 0.25) is 0 Å². The van der Waals surface area contributed by atoms with Gasteiger partial charge in [-0.25, -0.2) is 27.7 Å². The summed E-state index contributed by atoms with van der Waals surface area (Å²) in [6.07, 6.45) is 0.717. The number of hydrogen-bond acceptors (Lipinski definition) is 8. The molecular formula is C23H27F5N8O4. The molecule has 4 heterocycles. The van der Waals surface area contributed by atoms with E-state index in [0.717, 1.165) is 31.6 Å². The molecule has 1 saturated heterocycles. The number of halogens is 5. The van der Waals surface area contributed by atoms with E-state index in [1.54, 1.807) is 12.3 Å². The number of nitrogens with zero attached hydrogens (tertiary/aromatic N) is 6. The largest absolute Gasteiger partial charge is 0.416 e. The average Bonchev–Trinajstić information content (AvgIpc) is 3.42. The summed E-state index contributed by atoms with van der Waals surface area (Å²) >= 11 is 0. The maximum atomic E-state index is 13.5. The second-order valence-corrected chi connectivity index (χ2v) is 10.0. The van der Waals surface area contributed by atoms with Crippen LogP contribution in [0.1, 0.15) is 60.0 Å². The molecule has 2 aliphatic rings. The molecule has 3 aromatic heterocycles. The van der Waals surface area contributed by atoms with Crippen LogP contribution >= 0.6 is 0 Å². The van der Waals surface area contributed by atoms with Crippen LogP contribution in [-0.2, 0) is 17.7 Å². The lowest BCUT2D eigenvalue weighted by atomic mass is 10.1. The number of alkyl halides is 5. The number of nitrogens with two attached hydrogens (primary N) is 1. The number of imidazole rings is 1. The quantitative estimate of drug-likeness (QED) is 0.390. The van der Waals surface area contributed by atoms with Gasteiger partial charge in [0.05, 0.1) is 37.8 Å². The van der Waals surface area contributed by atoms with Crippen molar-refractivity contribution in [2.24, 2.45) is 5.73 Å². The smallest absolute Gasteiger partial charge is 0.366 e. The molecule has 0 bridgehead atoms. The van der Waals surface area contributed by atoms with Gasteiger partial charge in [0, 0.05) is 18.9 Å². The predicted octanol–water partition coefficient (Wildman–Crippen LogP) is 2.84. The summed E-state index contributed by atoms with van der Waals surface area (Å²) < 4.78 is 76.2. The van der Waals surface area contributed by atoms with Crippen molar-refractivity contribution in [1.29, 1.82) is 0 Å². The summed E-state index contributed by atoms with van der Waals surface area (Å²) in [4.78, 5) is 27.7. The van der Waals surface area contributed by atoms with E-state index in [9.17, 15) is 31.5 Å². The summed E-state index contributed by atoms with van der Waals surface area (Å²) in [5.74, 6) is -3.23. The third-order valence-electron chi connectivity index (χ3n) is 6.22. The molecule has 0 aromatic carbocycles. The minimum atomic E-state index is -4.49. The Morgan fingerprint density at radius 2 is 2.00 bits per heavy atom. The Bertz CT molecular complexity index is 1370. The molecule has 0 unspecified atom stereocenters. The predicted molar refractivity (Wildman–Crippen MR) is 126 cm³/mol. The van der Waals surface area contributed by atoms with Crippen LogP contribution < -0.4 is 11.1 Å². The highest BCUT2D eigenvalue weighted by Gasteiger charge is 2.48. The fourth-order valence-corrected chi connectivity index (χ4v) is 3.73. The van der Waals surface area contributed by atoms with Gasteiger partial charge in [0.15, 0.2) is 16.9 Å². The van der Waals surface area contributed by atoms with Crippen molar-refractivity contribution in [2.75, 3.05) is 19.7 Å². The van der Waals surface area contributed by atoms with Gasteiger partial charge in [-0.2, -0.15) is 18.3 Å². The number of carbonyl (C=O) groups excluding carboxylic acids is 2. The van der Waals surface area contributed by atoms with Crippen molar-refractivity contribution in [3.8, 4) is 0 Å². The molecule has 1 saturated carbocycles. The van der Waals surface area contributed by atoms with E-state index in [2.05, 4.69) is 30.3 Å². The summed E-state index contributed by atoms with van der Waals surface area (Å²) in [6, 6.07) is 0.987. The van der Waals surface area contributed by atoms with Crippen molar-refractivity contribution >= 4 is 17.6 Å². The van der Waals surface area contributed by atoms with E-state index in [1.807, 2.05) is 0 Å². The molecule has 17 heteroatoms. The molecule has 0 atom stereocenters. The van der Waals surface area contributed by atoms with Gasteiger partial charge >= 0.3 is 12.2 Å². The van der Waals surface area contributed by atoms with Crippen LogP contribution in [0, 0.1) is 0 Å². The topological polar surface area (TPSA) is 154 Å². The number of rotatable bonds is 8. The summed E-state index contributed by atoms with van der Waals surface area (Å²) in [6.45, 7) is 0.240. The van der Waals surface area contributed by atoms with Crippen molar-refractivity contribution in [2.45, 2.75) is 63.3 Å². The Morgan fingerprint density at radius 1 is 1.27 bits per heavy atom. The van der Waals surface area contributed by atoms with Gasteiger partial charge in [-0.05, 0) is 43.5 Å². The molecule has 218 valence electrons. The minimum Gasteiger partial charge on any atom is -0.366 e. The van der Waals surface area contributed by atoms with E-state index in [1.165, 1.54) is 10.7 Å². The molecule has 12 nitrogen and oxygen atoms in total. The second kappa shape index (κ2) is 10.9. The molecule has 3 aromatic rings. The Labute approximate surface area is 224 Å². The number of nitrogens with one attached hydrogen (secondary N) is 1. The number of primary amides is 1. The zero-order valence-electron chi connectivity index (χ0n) is 21.5. The molecule has 3 N–H and O–H groups in total. The van der Waals surface area contributed by atoms with E-state index < -0.39 is 42.7 Å². The first kappa shape index (κ1) is 29.1. The third kappa shape index (κ3) is 7.00. The minimum absolute atomic E-state index is 0.0734. The monoisotopic (exact) mass is 574 g/mol. The molecule has 0 radical (unpaired) electrons. The van der Waals surface area contributed by atoms with Gasteiger partial charge in [0.1, 0.15) is 5.69 Å². The van der Waals surface area contributed by atoms with Crippen LogP contribution in [0.5, 0.6) is 0 Å². The lowest BCUT2D eigenvalue weighted by molar-refractivity contribution is -0.263. The van der Waals surface area contributed by atoms with Crippen molar-refractivity contribution in [3.05, 3.63) is 41.1 Å². The first-order valence-corrected chi connectivity index (χ1v) is 12.2.